The Labute approximate surface area is 121 Å². The highest BCUT2D eigenvalue weighted by Gasteiger charge is 2.24. The van der Waals surface area contributed by atoms with Gasteiger partial charge in [-0.25, -0.2) is 0 Å². The maximum absolute atomic E-state index is 5.76. The lowest BCUT2D eigenvalue weighted by Crippen LogP contribution is -2.34. The summed E-state index contributed by atoms with van der Waals surface area (Å²) in [6.07, 6.45) is 11.0. The first-order valence-electron chi connectivity index (χ1n) is 8.35. The van der Waals surface area contributed by atoms with E-state index in [-0.39, 0.29) is 0 Å². The van der Waals surface area contributed by atoms with E-state index in [2.05, 4.69) is 32.7 Å². The standard InChI is InChI=1S/C17H36N2/c1-17(2,3)15(12-13-18)9-8-14-19(4)16-10-6-5-7-11-16/h15-16H,5-14,18H2,1-4H3. The minimum absolute atomic E-state index is 0.406. The van der Waals surface area contributed by atoms with E-state index in [1.165, 1.54) is 57.9 Å². The van der Waals surface area contributed by atoms with Gasteiger partial charge >= 0.3 is 0 Å². The second kappa shape index (κ2) is 8.26. The van der Waals surface area contributed by atoms with E-state index in [0.29, 0.717) is 5.41 Å². The van der Waals surface area contributed by atoms with Gasteiger partial charge in [0, 0.05) is 6.04 Å². The molecule has 0 heterocycles. The van der Waals surface area contributed by atoms with Crippen LogP contribution in [0.4, 0.5) is 0 Å². The van der Waals surface area contributed by atoms with Crippen LogP contribution in [0.2, 0.25) is 0 Å². The van der Waals surface area contributed by atoms with E-state index in [1.54, 1.807) is 0 Å². The van der Waals surface area contributed by atoms with E-state index in [9.17, 15) is 0 Å². The van der Waals surface area contributed by atoms with E-state index in [1.807, 2.05) is 0 Å². The molecule has 0 amide bonds. The highest BCUT2D eigenvalue weighted by molar-refractivity contribution is 4.77. The number of rotatable bonds is 7. The monoisotopic (exact) mass is 268 g/mol. The van der Waals surface area contributed by atoms with Crippen molar-refractivity contribution in [3.63, 3.8) is 0 Å². The van der Waals surface area contributed by atoms with Gasteiger partial charge < -0.3 is 10.6 Å². The van der Waals surface area contributed by atoms with Crippen LogP contribution in [0.1, 0.15) is 72.1 Å². The molecule has 0 spiro atoms. The van der Waals surface area contributed by atoms with Gasteiger partial charge in [-0.15, -0.1) is 0 Å². The average molecular weight is 268 g/mol. The molecule has 19 heavy (non-hydrogen) atoms. The number of nitrogens with zero attached hydrogens (tertiary/aromatic N) is 1. The summed E-state index contributed by atoms with van der Waals surface area (Å²) >= 11 is 0. The smallest absolute Gasteiger partial charge is 0.00922 e. The SMILES string of the molecule is CN(CCCC(CCN)C(C)(C)C)C1CCCCC1. The quantitative estimate of drug-likeness (QED) is 0.755. The van der Waals surface area contributed by atoms with Crippen molar-refractivity contribution < 1.29 is 0 Å². The van der Waals surface area contributed by atoms with Crippen LogP contribution >= 0.6 is 0 Å². The van der Waals surface area contributed by atoms with Crippen LogP contribution in [-0.2, 0) is 0 Å². The van der Waals surface area contributed by atoms with Crippen molar-refractivity contribution in [2.75, 3.05) is 20.1 Å². The number of nitrogens with two attached hydrogens (primary N) is 1. The first kappa shape index (κ1) is 17.0. The fourth-order valence-electron chi connectivity index (χ4n) is 3.50. The Hall–Kier alpha value is -0.0800. The van der Waals surface area contributed by atoms with Gasteiger partial charge in [-0.2, -0.15) is 0 Å². The Kier molecular flexibility index (Phi) is 7.38. The Balaban J connectivity index is 2.26. The molecule has 1 rings (SSSR count). The molecule has 0 radical (unpaired) electrons. The molecule has 2 heteroatoms. The third kappa shape index (κ3) is 6.27. The van der Waals surface area contributed by atoms with Gasteiger partial charge in [-0.3, -0.25) is 0 Å². The van der Waals surface area contributed by atoms with Crippen LogP contribution in [0.3, 0.4) is 0 Å². The number of hydrogen-bond acceptors (Lipinski definition) is 2. The van der Waals surface area contributed by atoms with Gasteiger partial charge in [-0.05, 0) is 63.6 Å². The molecule has 0 aromatic heterocycles. The van der Waals surface area contributed by atoms with Crippen LogP contribution in [0.5, 0.6) is 0 Å². The molecule has 0 aliphatic heterocycles. The molecule has 0 bridgehead atoms. The van der Waals surface area contributed by atoms with Crippen molar-refractivity contribution in [2.45, 2.75) is 78.2 Å². The van der Waals surface area contributed by atoms with Gasteiger partial charge in [0.15, 0.2) is 0 Å². The van der Waals surface area contributed by atoms with Crippen LogP contribution in [0, 0.1) is 11.3 Å². The zero-order chi connectivity index (χ0) is 14.3. The van der Waals surface area contributed by atoms with E-state index >= 15 is 0 Å². The van der Waals surface area contributed by atoms with Gasteiger partial charge in [0.25, 0.3) is 0 Å². The Morgan fingerprint density at radius 2 is 1.74 bits per heavy atom. The second-order valence-corrected chi connectivity index (χ2v) is 7.55. The molecule has 0 saturated heterocycles. The maximum atomic E-state index is 5.76. The topological polar surface area (TPSA) is 29.3 Å². The largest absolute Gasteiger partial charge is 0.330 e. The molecule has 1 aliphatic carbocycles. The molecule has 1 fully saturated rings. The molecule has 0 aromatic rings. The van der Waals surface area contributed by atoms with Crippen molar-refractivity contribution in [1.82, 2.24) is 4.90 Å². The third-order valence-electron chi connectivity index (χ3n) is 5.00. The van der Waals surface area contributed by atoms with E-state index in [4.69, 9.17) is 5.73 Å². The molecule has 1 saturated carbocycles. The molecule has 114 valence electrons. The summed E-state index contributed by atoms with van der Waals surface area (Å²) in [7, 11) is 2.32. The molecule has 2 N–H and O–H groups in total. The van der Waals surface area contributed by atoms with Crippen molar-refractivity contribution in [3.8, 4) is 0 Å². The van der Waals surface area contributed by atoms with Crippen LogP contribution in [0.15, 0.2) is 0 Å². The van der Waals surface area contributed by atoms with Crippen molar-refractivity contribution in [3.05, 3.63) is 0 Å². The third-order valence-corrected chi connectivity index (χ3v) is 5.00. The Morgan fingerprint density at radius 1 is 1.11 bits per heavy atom. The molecular weight excluding hydrogens is 232 g/mol. The summed E-state index contributed by atoms with van der Waals surface area (Å²) in [4.78, 5) is 2.61. The number of hydrogen-bond donors (Lipinski definition) is 1. The van der Waals surface area contributed by atoms with E-state index < -0.39 is 0 Å². The minimum Gasteiger partial charge on any atom is -0.330 e. The van der Waals surface area contributed by atoms with Gasteiger partial charge in [0.2, 0.25) is 0 Å². The summed E-state index contributed by atoms with van der Waals surface area (Å²) in [6, 6.07) is 0.858. The molecule has 1 atom stereocenters. The lowest BCUT2D eigenvalue weighted by Gasteiger charge is -2.33. The Morgan fingerprint density at radius 3 is 2.26 bits per heavy atom. The van der Waals surface area contributed by atoms with Crippen molar-refractivity contribution >= 4 is 0 Å². The summed E-state index contributed by atoms with van der Waals surface area (Å²) in [6.45, 7) is 9.18. The average Bonchev–Trinajstić information content (AvgIpc) is 2.37. The highest BCUT2D eigenvalue weighted by Crippen LogP contribution is 2.32. The lowest BCUT2D eigenvalue weighted by molar-refractivity contribution is 0.166. The lowest BCUT2D eigenvalue weighted by atomic mass is 9.76. The first-order chi connectivity index (χ1) is 8.95. The predicted molar refractivity (Wildman–Crippen MR) is 85.4 cm³/mol. The molecule has 0 aromatic carbocycles. The molecule has 1 unspecified atom stereocenters. The fraction of sp³-hybridized carbons (Fsp3) is 1.00. The molecule has 2 nitrogen and oxygen atoms in total. The summed E-state index contributed by atoms with van der Waals surface area (Å²) < 4.78 is 0. The fourth-order valence-corrected chi connectivity index (χ4v) is 3.50. The normalized spacial score (nSPS) is 19.9. The summed E-state index contributed by atoms with van der Waals surface area (Å²) in [5.74, 6) is 0.775. The Bertz CT molecular complexity index is 226. The summed E-state index contributed by atoms with van der Waals surface area (Å²) in [5, 5.41) is 0. The molecular formula is C17H36N2. The first-order valence-corrected chi connectivity index (χ1v) is 8.35. The van der Waals surface area contributed by atoms with Crippen molar-refractivity contribution in [1.29, 1.82) is 0 Å². The van der Waals surface area contributed by atoms with Gasteiger partial charge in [0.05, 0.1) is 0 Å². The molecule has 1 aliphatic rings. The van der Waals surface area contributed by atoms with E-state index in [0.717, 1.165) is 18.5 Å². The summed E-state index contributed by atoms with van der Waals surface area (Å²) in [5.41, 5.74) is 6.17. The van der Waals surface area contributed by atoms with Crippen LogP contribution < -0.4 is 5.73 Å². The predicted octanol–water partition coefficient (Wildman–Crippen LogP) is 4.04. The van der Waals surface area contributed by atoms with Gasteiger partial charge in [0.1, 0.15) is 0 Å². The highest BCUT2D eigenvalue weighted by atomic mass is 15.1. The van der Waals surface area contributed by atoms with Crippen LogP contribution in [0.25, 0.3) is 0 Å². The minimum atomic E-state index is 0.406. The second-order valence-electron chi connectivity index (χ2n) is 7.55. The van der Waals surface area contributed by atoms with Crippen molar-refractivity contribution in [2.24, 2.45) is 17.1 Å². The van der Waals surface area contributed by atoms with Crippen LogP contribution in [-0.4, -0.2) is 31.1 Å². The maximum Gasteiger partial charge on any atom is 0.00922 e. The zero-order valence-corrected chi connectivity index (χ0v) is 13.8. The zero-order valence-electron chi connectivity index (χ0n) is 13.8. The van der Waals surface area contributed by atoms with Gasteiger partial charge in [-0.1, -0.05) is 40.0 Å².